The third-order valence-corrected chi connectivity index (χ3v) is 4.30. The molecule has 1 aliphatic rings. The predicted molar refractivity (Wildman–Crippen MR) is 93.0 cm³/mol. The number of likely N-dealkylation sites (tertiary alicyclic amines) is 1. The molecule has 2 atom stereocenters. The molecule has 1 aromatic rings. The van der Waals surface area contributed by atoms with Crippen LogP contribution >= 0.6 is 0 Å². The molecule has 0 saturated carbocycles. The van der Waals surface area contributed by atoms with Crippen molar-refractivity contribution in [2.24, 2.45) is 5.92 Å². The average molecular weight is 347 g/mol. The van der Waals surface area contributed by atoms with Crippen molar-refractivity contribution in [3.05, 3.63) is 35.9 Å². The Kier molecular flexibility index (Phi) is 6.52. The highest BCUT2D eigenvalue weighted by atomic mass is 16.4. The summed E-state index contributed by atoms with van der Waals surface area (Å²) in [7, 11) is 3.84. The first kappa shape index (κ1) is 18.9. The largest absolute Gasteiger partial charge is 0.480 e. The number of hydrogen-bond acceptors (Lipinski definition) is 4. The molecule has 2 amide bonds. The van der Waals surface area contributed by atoms with Crippen molar-refractivity contribution in [1.29, 1.82) is 0 Å². The van der Waals surface area contributed by atoms with E-state index in [1.807, 2.05) is 49.3 Å². The summed E-state index contributed by atoms with van der Waals surface area (Å²) in [6.45, 7) is 1.64. The van der Waals surface area contributed by atoms with E-state index in [1.54, 1.807) is 4.90 Å². The first-order valence-electron chi connectivity index (χ1n) is 8.36. The lowest BCUT2D eigenvalue weighted by molar-refractivity contribution is -0.142. The number of amides is 2. The monoisotopic (exact) mass is 347 g/mol. The molecule has 0 aliphatic carbocycles. The molecule has 1 aromatic carbocycles. The lowest BCUT2D eigenvalue weighted by Crippen LogP contribution is -2.45. The lowest BCUT2D eigenvalue weighted by atomic mass is 10.0. The molecule has 1 heterocycles. The van der Waals surface area contributed by atoms with Crippen molar-refractivity contribution in [2.75, 3.05) is 33.7 Å². The molecule has 1 saturated heterocycles. The molecule has 136 valence electrons. The van der Waals surface area contributed by atoms with E-state index in [9.17, 15) is 19.5 Å². The molecule has 7 nitrogen and oxygen atoms in total. The number of nitrogens with one attached hydrogen (secondary N) is 1. The van der Waals surface area contributed by atoms with Gasteiger partial charge in [0.25, 0.3) is 0 Å². The van der Waals surface area contributed by atoms with Gasteiger partial charge in [0.05, 0.1) is 5.92 Å². The second-order valence-electron chi connectivity index (χ2n) is 6.63. The molecule has 0 aromatic heterocycles. The summed E-state index contributed by atoms with van der Waals surface area (Å²) in [6, 6.07) is 8.15. The van der Waals surface area contributed by atoms with Gasteiger partial charge >= 0.3 is 5.97 Å². The SMILES string of the molecule is CN(C)CCN1CC(C(=O)N[C@@H](Cc2ccccc2)C(=O)O)CC1=O. The second kappa shape index (κ2) is 8.62. The van der Waals surface area contributed by atoms with Crippen LogP contribution in [0.25, 0.3) is 0 Å². The van der Waals surface area contributed by atoms with Gasteiger partial charge in [-0.2, -0.15) is 0 Å². The van der Waals surface area contributed by atoms with Gasteiger partial charge in [0, 0.05) is 32.5 Å². The van der Waals surface area contributed by atoms with Crippen molar-refractivity contribution in [2.45, 2.75) is 18.9 Å². The predicted octanol–water partition coefficient (Wildman–Crippen LogP) is 0.209. The zero-order valence-corrected chi connectivity index (χ0v) is 14.6. The molecule has 25 heavy (non-hydrogen) atoms. The van der Waals surface area contributed by atoms with E-state index in [2.05, 4.69) is 5.32 Å². The second-order valence-corrected chi connectivity index (χ2v) is 6.63. The van der Waals surface area contributed by atoms with Gasteiger partial charge in [-0.15, -0.1) is 0 Å². The van der Waals surface area contributed by atoms with Gasteiger partial charge < -0.3 is 20.2 Å². The minimum atomic E-state index is -1.08. The van der Waals surface area contributed by atoms with Gasteiger partial charge in [0.1, 0.15) is 6.04 Å². The van der Waals surface area contributed by atoms with E-state index in [0.29, 0.717) is 13.1 Å². The van der Waals surface area contributed by atoms with Gasteiger partial charge in [-0.1, -0.05) is 30.3 Å². The van der Waals surface area contributed by atoms with Crippen molar-refractivity contribution in [3.63, 3.8) is 0 Å². The van der Waals surface area contributed by atoms with Crippen molar-refractivity contribution >= 4 is 17.8 Å². The molecule has 1 fully saturated rings. The number of aliphatic carboxylic acids is 1. The van der Waals surface area contributed by atoms with Crippen LogP contribution in [-0.4, -0.2) is 72.5 Å². The quantitative estimate of drug-likeness (QED) is 0.702. The Bertz CT molecular complexity index is 618. The topological polar surface area (TPSA) is 89.9 Å². The highest BCUT2D eigenvalue weighted by Gasteiger charge is 2.35. The van der Waals surface area contributed by atoms with Crippen LogP contribution in [0.4, 0.5) is 0 Å². The Hall–Kier alpha value is -2.41. The molecule has 2 rings (SSSR count). The molecule has 0 bridgehead atoms. The Morgan fingerprint density at radius 2 is 2.00 bits per heavy atom. The van der Waals surface area contributed by atoms with Crippen LogP contribution in [-0.2, 0) is 20.8 Å². The van der Waals surface area contributed by atoms with E-state index in [1.165, 1.54) is 0 Å². The fraction of sp³-hybridized carbons (Fsp3) is 0.500. The maximum absolute atomic E-state index is 12.4. The number of carboxylic acid groups (broad SMARTS) is 1. The summed E-state index contributed by atoms with van der Waals surface area (Å²) in [5, 5.41) is 12.0. The Labute approximate surface area is 147 Å². The molecular formula is C18H25N3O4. The van der Waals surface area contributed by atoms with E-state index in [0.717, 1.165) is 12.1 Å². The number of likely N-dealkylation sites (N-methyl/N-ethyl adjacent to an activating group) is 1. The lowest BCUT2D eigenvalue weighted by Gasteiger charge is -2.20. The number of carbonyl (C=O) groups is 3. The molecule has 1 aliphatic heterocycles. The minimum absolute atomic E-state index is 0.0584. The molecule has 0 radical (unpaired) electrons. The fourth-order valence-electron chi connectivity index (χ4n) is 2.82. The molecule has 0 spiro atoms. The zero-order valence-electron chi connectivity index (χ0n) is 14.6. The summed E-state index contributed by atoms with van der Waals surface area (Å²) in [5.74, 6) is -2.00. The number of hydrogen-bond donors (Lipinski definition) is 2. The molecular weight excluding hydrogens is 322 g/mol. The van der Waals surface area contributed by atoms with Crippen LogP contribution < -0.4 is 5.32 Å². The van der Waals surface area contributed by atoms with Crippen LogP contribution in [0.15, 0.2) is 30.3 Å². The van der Waals surface area contributed by atoms with E-state index in [-0.39, 0.29) is 24.7 Å². The highest BCUT2D eigenvalue weighted by Crippen LogP contribution is 2.18. The van der Waals surface area contributed by atoms with Gasteiger partial charge in [0.2, 0.25) is 11.8 Å². The molecule has 1 unspecified atom stereocenters. The first-order valence-corrected chi connectivity index (χ1v) is 8.36. The standard InChI is InChI=1S/C18H25N3O4/c1-20(2)8-9-21-12-14(11-16(21)22)17(23)19-15(18(24)25)10-13-6-4-3-5-7-13/h3-7,14-15H,8-12H2,1-2H3,(H,19,23)(H,24,25)/t14?,15-/m0/s1. The number of benzene rings is 1. The average Bonchev–Trinajstić information content (AvgIpc) is 2.94. The highest BCUT2D eigenvalue weighted by molar-refractivity contribution is 5.91. The Morgan fingerprint density at radius 1 is 1.32 bits per heavy atom. The summed E-state index contributed by atoms with van der Waals surface area (Å²) in [6.07, 6.45) is 0.351. The number of rotatable bonds is 8. The smallest absolute Gasteiger partial charge is 0.326 e. The van der Waals surface area contributed by atoms with Crippen LogP contribution in [0, 0.1) is 5.92 Å². The van der Waals surface area contributed by atoms with E-state index >= 15 is 0 Å². The number of carbonyl (C=O) groups excluding carboxylic acids is 2. The van der Waals surface area contributed by atoms with Crippen LogP contribution in [0.2, 0.25) is 0 Å². The Balaban J connectivity index is 1.92. The summed E-state index contributed by atoms with van der Waals surface area (Å²) in [4.78, 5) is 39.5. The fourth-order valence-corrected chi connectivity index (χ4v) is 2.82. The van der Waals surface area contributed by atoms with Crippen molar-refractivity contribution < 1.29 is 19.5 Å². The summed E-state index contributed by atoms with van der Waals surface area (Å²) >= 11 is 0. The first-order chi connectivity index (χ1) is 11.9. The van der Waals surface area contributed by atoms with Crippen LogP contribution in [0.3, 0.4) is 0 Å². The summed E-state index contributed by atoms with van der Waals surface area (Å²) in [5.41, 5.74) is 0.838. The van der Waals surface area contributed by atoms with Crippen molar-refractivity contribution in [3.8, 4) is 0 Å². The van der Waals surface area contributed by atoms with Gasteiger partial charge in [0.15, 0.2) is 0 Å². The van der Waals surface area contributed by atoms with Crippen LogP contribution in [0.5, 0.6) is 0 Å². The minimum Gasteiger partial charge on any atom is -0.480 e. The van der Waals surface area contributed by atoms with Crippen LogP contribution in [0.1, 0.15) is 12.0 Å². The van der Waals surface area contributed by atoms with Gasteiger partial charge in [-0.25, -0.2) is 4.79 Å². The summed E-state index contributed by atoms with van der Waals surface area (Å²) < 4.78 is 0. The van der Waals surface area contributed by atoms with E-state index in [4.69, 9.17) is 0 Å². The maximum Gasteiger partial charge on any atom is 0.326 e. The Morgan fingerprint density at radius 3 is 2.60 bits per heavy atom. The normalized spacial score (nSPS) is 18.4. The molecule has 2 N–H and O–H groups in total. The third kappa shape index (κ3) is 5.56. The van der Waals surface area contributed by atoms with Gasteiger partial charge in [-0.3, -0.25) is 9.59 Å². The zero-order chi connectivity index (χ0) is 18.4. The van der Waals surface area contributed by atoms with E-state index < -0.39 is 17.9 Å². The third-order valence-electron chi connectivity index (χ3n) is 4.30. The number of nitrogens with zero attached hydrogens (tertiary/aromatic N) is 2. The van der Waals surface area contributed by atoms with Gasteiger partial charge in [-0.05, 0) is 19.7 Å². The maximum atomic E-state index is 12.4. The van der Waals surface area contributed by atoms with Crippen molar-refractivity contribution in [1.82, 2.24) is 15.1 Å². The number of carboxylic acids is 1. The molecule has 7 heteroatoms.